The quantitative estimate of drug-likeness (QED) is 0.863. The van der Waals surface area contributed by atoms with Gasteiger partial charge >= 0.3 is 6.18 Å². The number of alkyl halides is 3. The summed E-state index contributed by atoms with van der Waals surface area (Å²) in [5.74, 6) is 0. The molecule has 0 bridgehead atoms. The fourth-order valence-corrected chi connectivity index (χ4v) is 1.96. The van der Waals surface area contributed by atoms with Crippen molar-refractivity contribution < 1.29 is 13.2 Å². The first-order valence-electron chi connectivity index (χ1n) is 6.09. The van der Waals surface area contributed by atoms with Crippen molar-refractivity contribution in [3.05, 3.63) is 59.7 Å². The third kappa shape index (κ3) is 3.44. The molecule has 0 aliphatic carbocycles. The maximum atomic E-state index is 12.5. The molecule has 0 fully saturated rings. The number of halogens is 3. The van der Waals surface area contributed by atoms with Gasteiger partial charge in [-0.25, -0.2) is 0 Å². The van der Waals surface area contributed by atoms with Crippen molar-refractivity contribution in [2.45, 2.75) is 12.7 Å². The van der Waals surface area contributed by atoms with E-state index < -0.39 is 11.7 Å². The Labute approximate surface area is 115 Å². The van der Waals surface area contributed by atoms with E-state index in [4.69, 9.17) is 5.73 Å². The van der Waals surface area contributed by atoms with Gasteiger partial charge in [0.05, 0.1) is 5.56 Å². The van der Waals surface area contributed by atoms with Crippen LogP contribution in [0.2, 0.25) is 0 Å². The molecule has 0 amide bonds. The fraction of sp³-hybridized carbons (Fsp3) is 0.200. The molecule has 0 spiro atoms. The Morgan fingerprint density at radius 1 is 1.05 bits per heavy atom. The summed E-state index contributed by atoms with van der Waals surface area (Å²) in [6, 6.07) is 12.5. The molecule has 2 nitrogen and oxygen atoms in total. The van der Waals surface area contributed by atoms with Crippen LogP contribution in [0.3, 0.4) is 0 Å². The highest BCUT2D eigenvalue weighted by molar-refractivity contribution is 5.49. The Morgan fingerprint density at radius 2 is 1.70 bits per heavy atom. The largest absolute Gasteiger partial charge is 0.416 e. The first-order valence-corrected chi connectivity index (χ1v) is 6.09. The zero-order chi connectivity index (χ0) is 14.8. The second-order valence-electron chi connectivity index (χ2n) is 4.65. The van der Waals surface area contributed by atoms with E-state index in [-0.39, 0.29) is 0 Å². The van der Waals surface area contributed by atoms with Crippen molar-refractivity contribution in [3.63, 3.8) is 0 Å². The zero-order valence-electron chi connectivity index (χ0n) is 11.0. The highest BCUT2D eigenvalue weighted by Crippen LogP contribution is 2.30. The van der Waals surface area contributed by atoms with E-state index >= 15 is 0 Å². The van der Waals surface area contributed by atoms with E-state index in [1.54, 1.807) is 6.07 Å². The minimum Gasteiger partial charge on any atom is -0.399 e. The van der Waals surface area contributed by atoms with Crippen LogP contribution in [0.15, 0.2) is 48.5 Å². The van der Waals surface area contributed by atoms with Crippen molar-refractivity contribution >= 4 is 11.4 Å². The highest BCUT2D eigenvalue weighted by Gasteiger charge is 2.30. The maximum absolute atomic E-state index is 12.5. The molecule has 0 radical (unpaired) electrons. The molecule has 0 atom stereocenters. The molecule has 2 rings (SSSR count). The molecule has 0 saturated heterocycles. The number of rotatable bonds is 3. The average molecular weight is 280 g/mol. The SMILES string of the molecule is CN(Cc1cccc(N)c1)c1ccc(C(F)(F)F)cc1. The molecule has 20 heavy (non-hydrogen) atoms. The smallest absolute Gasteiger partial charge is 0.399 e. The van der Waals surface area contributed by atoms with Crippen LogP contribution in [0.1, 0.15) is 11.1 Å². The first kappa shape index (κ1) is 14.2. The Morgan fingerprint density at radius 3 is 2.25 bits per heavy atom. The van der Waals surface area contributed by atoms with Gasteiger partial charge in [0.15, 0.2) is 0 Å². The highest BCUT2D eigenvalue weighted by atomic mass is 19.4. The van der Waals surface area contributed by atoms with Gasteiger partial charge in [-0.2, -0.15) is 13.2 Å². The van der Waals surface area contributed by atoms with Gasteiger partial charge in [-0.1, -0.05) is 12.1 Å². The Hall–Kier alpha value is -2.17. The zero-order valence-corrected chi connectivity index (χ0v) is 11.0. The normalized spacial score (nSPS) is 11.4. The molecular formula is C15H15F3N2. The minimum atomic E-state index is -4.30. The van der Waals surface area contributed by atoms with Crippen LogP contribution in [0.4, 0.5) is 24.5 Å². The molecule has 5 heteroatoms. The van der Waals surface area contributed by atoms with Crippen molar-refractivity contribution in [1.29, 1.82) is 0 Å². The van der Waals surface area contributed by atoms with Crippen molar-refractivity contribution in [3.8, 4) is 0 Å². The van der Waals surface area contributed by atoms with Gasteiger partial charge in [-0.15, -0.1) is 0 Å². The number of hydrogen-bond donors (Lipinski definition) is 1. The van der Waals surface area contributed by atoms with Gasteiger partial charge < -0.3 is 10.6 Å². The number of anilines is 2. The van der Waals surface area contributed by atoms with Crippen molar-refractivity contribution in [2.75, 3.05) is 17.7 Å². The maximum Gasteiger partial charge on any atom is 0.416 e. The number of nitrogens with zero attached hydrogens (tertiary/aromatic N) is 1. The summed E-state index contributed by atoms with van der Waals surface area (Å²) >= 11 is 0. The third-order valence-corrected chi connectivity index (χ3v) is 3.01. The lowest BCUT2D eigenvalue weighted by Gasteiger charge is -2.20. The van der Waals surface area contributed by atoms with Gasteiger partial charge in [0.2, 0.25) is 0 Å². The molecule has 2 aromatic carbocycles. The molecular weight excluding hydrogens is 265 g/mol. The lowest BCUT2D eigenvalue weighted by atomic mass is 10.1. The van der Waals surface area contributed by atoms with E-state index in [1.807, 2.05) is 30.1 Å². The summed E-state index contributed by atoms with van der Waals surface area (Å²) in [5.41, 5.74) is 7.46. The summed E-state index contributed by atoms with van der Waals surface area (Å²) in [6.45, 7) is 0.580. The predicted molar refractivity (Wildman–Crippen MR) is 74.4 cm³/mol. The topological polar surface area (TPSA) is 29.3 Å². The lowest BCUT2D eigenvalue weighted by molar-refractivity contribution is -0.137. The molecule has 2 N–H and O–H groups in total. The van der Waals surface area contributed by atoms with E-state index in [0.717, 1.165) is 23.4 Å². The van der Waals surface area contributed by atoms with Gasteiger partial charge in [0.25, 0.3) is 0 Å². The molecule has 0 aliphatic rings. The summed E-state index contributed by atoms with van der Waals surface area (Å²) in [4.78, 5) is 1.87. The van der Waals surface area contributed by atoms with E-state index in [2.05, 4.69) is 0 Å². The van der Waals surface area contributed by atoms with Gasteiger partial charge in [0, 0.05) is 25.0 Å². The number of nitrogen functional groups attached to an aromatic ring is 1. The predicted octanol–water partition coefficient (Wildman–Crippen LogP) is 3.92. The molecule has 2 aromatic rings. The Balaban J connectivity index is 2.11. The summed E-state index contributed by atoms with van der Waals surface area (Å²) in [5, 5.41) is 0. The van der Waals surface area contributed by atoms with Gasteiger partial charge in [0.1, 0.15) is 0 Å². The van der Waals surface area contributed by atoms with E-state index in [9.17, 15) is 13.2 Å². The van der Waals surface area contributed by atoms with Crippen molar-refractivity contribution in [2.24, 2.45) is 0 Å². The van der Waals surface area contributed by atoms with Gasteiger partial charge in [-0.05, 0) is 42.0 Å². The molecule has 0 heterocycles. The summed E-state index contributed by atoms with van der Waals surface area (Å²) < 4.78 is 37.5. The van der Waals surface area contributed by atoms with Crippen LogP contribution < -0.4 is 10.6 Å². The van der Waals surface area contributed by atoms with E-state index in [0.29, 0.717) is 12.2 Å². The molecule has 0 aliphatic heterocycles. The van der Waals surface area contributed by atoms with Gasteiger partial charge in [-0.3, -0.25) is 0 Å². The standard InChI is InChI=1S/C15H15F3N2/c1-20(10-11-3-2-4-13(19)9-11)14-7-5-12(6-8-14)15(16,17)18/h2-9H,10,19H2,1H3. The Bertz CT molecular complexity index is 576. The third-order valence-electron chi connectivity index (χ3n) is 3.01. The second kappa shape index (κ2) is 5.45. The summed E-state index contributed by atoms with van der Waals surface area (Å²) in [6.07, 6.45) is -4.30. The number of hydrogen-bond acceptors (Lipinski definition) is 2. The van der Waals surface area contributed by atoms with Crippen LogP contribution in [0.5, 0.6) is 0 Å². The number of benzene rings is 2. The van der Waals surface area contributed by atoms with E-state index in [1.165, 1.54) is 12.1 Å². The van der Waals surface area contributed by atoms with Crippen LogP contribution in [0.25, 0.3) is 0 Å². The minimum absolute atomic E-state index is 0.580. The molecule has 0 unspecified atom stereocenters. The van der Waals surface area contributed by atoms with Crippen LogP contribution in [-0.4, -0.2) is 7.05 Å². The van der Waals surface area contributed by atoms with Crippen molar-refractivity contribution in [1.82, 2.24) is 0 Å². The van der Waals surface area contributed by atoms with Crippen LogP contribution >= 0.6 is 0 Å². The second-order valence-corrected chi connectivity index (χ2v) is 4.65. The number of nitrogens with two attached hydrogens (primary N) is 1. The fourth-order valence-electron chi connectivity index (χ4n) is 1.96. The lowest BCUT2D eigenvalue weighted by Crippen LogP contribution is -2.16. The average Bonchev–Trinajstić information content (AvgIpc) is 2.38. The first-order chi connectivity index (χ1) is 9.36. The molecule has 0 aromatic heterocycles. The van der Waals surface area contributed by atoms with Crippen LogP contribution in [0, 0.1) is 0 Å². The monoisotopic (exact) mass is 280 g/mol. The molecule has 106 valence electrons. The van der Waals surface area contributed by atoms with Crippen LogP contribution in [-0.2, 0) is 12.7 Å². The Kier molecular flexibility index (Phi) is 3.88. The summed E-state index contributed by atoms with van der Waals surface area (Å²) in [7, 11) is 1.83. The molecule has 0 saturated carbocycles.